The molecule has 0 saturated heterocycles. The minimum absolute atomic E-state index is 0.150. The third-order valence-electron chi connectivity index (χ3n) is 1.98. The zero-order valence-corrected chi connectivity index (χ0v) is 11.0. The second-order valence-electron chi connectivity index (χ2n) is 5.33. The third kappa shape index (κ3) is 5.00. The van der Waals surface area contributed by atoms with Crippen LogP contribution in [0.3, 0.4) is 0 Å². The lowest BCUT2D eigenvalue weighted by molar-refractivity contribution is -0.224. The van der Waals surface area contributed by atoms with Gasteiger partial charge in [-0.25, -0.2) is 4.79 Å². The van der Waals surface area contributed by atoms with Crippen molar-refractivity contribution in [2.45, 2.75) is 34.6 Å². The Labute approximate surface area is 103 Å². The Morgan fingerprint density at radius 1 is 1.12 bits per heavy atom. The molecule has 0 aliphatic carbocycles. The van der Waals surface area contributed by atoms with Crippen LogP contribution in [0.25, 0.3) is 0 Å². The van der Waals surface area contributed by atoms with E-state index in [9.17, 15) is 4.79 Å². The number of hydrogen-bond acceptors (Lipinski definition) is 3. The summed E-state index contributed by atoms with van der Waals surface area (Å²) >= 11 is 0. The summed E-state index contributed by atoms with van der Waals surface area (Å²) in [5.41, 5.74) is 2.40. The summed E-state index contributed by atoms with van der Waals surface area (Å²) in [6.45, 7) is 11.2. The molecule has 0 saturated carbocycles. The van der Waals surface area contributed by atoms with Gasteiger partial charge < -0.3 is 0 Å². The van der Waals surface area contributed by atoms with Crippen LogP contribution in [0.2, 0.25) is 0 Å². The van der Waals surface area contributed by atoms with Gasteiger partial charge in [0.25, 0.3) is 0 Å². The predicted molar refractivity (Wildman–Crippen MR) is 66.2 cm³/mol. The van der Waals surface area contributed by atoms with E-state index in [1.54, 1.807) is 12.1 Å². The van der Waals surface area contributed by atoms with Gasteiger partial charge >= 0.3 is 5.97 Å². The number of benzene rings is 1. The first-order chi connectivity index (χ1) is 7.78. The highest BCUT2D eigenvalue weighted by atomic mass is 17.2. The maximum absolute atomic E-state index is 11.7. The molecule has 0 unspecified atom stereocenters. The molecule has 0 spiro atoms. The molecular formula is C14H19O3. The number of aryl methyl sites for hydroxylation is 2. The first-order valence-corrected chi connectivity index (χ1v) is 5.58. The molecule has 0 aliphatic heterocycles. The first-order valence-electron chi connectivity index (χ1n) is 5.58. The molecule has 0 atom stereocenters. The van der Waals surface area contributed by atoms with Crippen LogP contribution in [0.4, 0.5) is 0 Å². The van der Waals surface area contributed by atoms with E-state index in [1.165, 1.54) is 6.61 Å². The van der Waals surface area contributed by atoms with E-state index in [1.807, 2.05) is 40.7 Å². The lowest BCUT2D eigenvalue weighted by atomic mass is 9.99. The van der Waals surface area contributed by atoms with Crippen molar-refractivity contribution in [3.63, 3.8) is 0 Å². The van der Waals surface area contributed by atoms with Crippen LogP contribution in [-0.4, -0.2) is 5.97 Å². The van der Waals surface area contributed by atoms with Gasteiger partial charge in [0.05, 0.1) is 5.56 Å². The van der Waals surface area contributed by atoms with Crippen molar-refractivity contribution in [1.82, 2.24) is 0 Å². The van der Waals surface area contributed by atoms with Crippen LogP contribution in [0.1, 0.15) is 42.3 Å². The van der Waals surface area contributed by atoms with Gasteiger partial charge in [-0.3, -0.25) is 4.89 Å². The summed E-state index contributed by atoms with van der Waals surface area (Å²) in [5.74, 6) is -0.475. The highest BCUT2D eigenvalue weighted by molar-refractivity contribution is 5.89. The summed E-state index contributed by atoms with van der Waals surface area (Å²) in [6, 6.07) is 5.55. The zero-order valence-electron chi connectivity index (χ0n) is 11.0. The molecule has 0 aliphatic rings. The highest BCUT2D eigenvalue weighted by Gasteiger charge is 2.15. The van der Waals surface area contributed by atoms with Crippen molar-refractivity contribution in [3.05, 3.63) is 41.5 Å². The summed E-state index contributed by atoms with van der Waals surface area (Å²) < 4.78 is 0. The van der Waals surface area contributed by atoms with Gasteiger partial charge in [-0.15, -0.1) is 0 Å². The molecule has 1 radical (unpaired) electrons. The largest absolute Gasteiger partial charge is 0.373 e. The molecule has 17 heavy (non-hydrogen) atoms. The number of carbonyl (C=O) groups excluding carboxylic acids is 1. The van der Waals surface area contributed by atoms with Crippen LogP contribution < -0.4 is 0 Å². The molecule has 0 amide bonds. The van der Waals surface area contributed by atoms with E-state index < -0.39 is 5.97 Å². The van der Waals surface area contributed by atoms with Gasteiger partial charge in [-0.05, 0) is 31.4 Å². The topological polar surface area (TPSA) is 35.5 Å². The normalized spacial score (nSPS) is 11.4. The Morgan fingerprint density at radius 3 is 2.12 bits per heavy atom. The fourth-order valence-corrected chi connectivity index (χ4v) is 1.35. The van der Waals surface area contributed by atoms with E-state index in [2.05, 4.69) is 0 Å². The zero-order chi connectivity index (χ0) is 13.1. The molecule has 0 fully saturated rings. The maximum Gasteiger partial charge on any atom is 0.373 e. The van der Waals surface area contributed by atoms with Gasteiger partial charge in [0.15, 0.2) is 0 Å². The quantitative estimate of drug-likeness (QED) is 0.593. The maximum atomic E-state index is 11.7. The van der Waals surface area contributed by atoms with Crippen LogP contribution in [0.5, 0.6) is 0 Å². The predicted octanol–water partition coefficient (Wildman–Crippen LogP) is 3.60. The fourth-order valence-electron chi connectivity index (χ4n) is 1.35. The number of hydrogen-bond donors (Lipinski definition) is 0. The van der Waals surface area contributed by atoms with Gasteiger partial charge in [0.1, 0.15) is 6.61 Å². The van der Waals surface area contributed by atoms with E-state index in [4.69, 9.17) is 9.78 Å². The van der Waals surface area contributed by atoms with Crippen LogP contribution in [0.15, 0.2) is 18.2 Å². The molecule has 3 heteroatoms. The van der Waals surface area contributed by atoms with Crippen molar-refractivity contribution in [2.24, 2.45) is 5.41 Å². The minimum Gasteiger partial charge on any atom is -0.292 e. The van der Waals surface area contributed by atoms with Crippen molar-refractivity contribution in [1.29, 1.82) is 0 Å². The van der Waals surface area contributed by atoms with Gasteiger partial charge in [-0.1, -0.05) is 38.0 Å². The monoisotopic (exact) mass is 235 g/mol. The number of rotatable bonds is 3. The molecule has 0 N–H and O–H groups in total. The van der Waals surface area contributed by atoms with E-state index >= 15 is 0 Å². The number of carbonyl (C=O) groups is 1. The summed E-state index contributed by atoms with van der Waals surface area (Å²) in [7, 11) is 0. The summed E-state index contributed by atoms with van der Waals surface area (Å²) in [6.07, 6.45) is 0. The minimum atomic E-state index is -0.475. The van der Waals surface area contributed by atoms with E-state index in [0.29, 0.717) is 5.56 Å². The second kappa shape index (κ2) is 5.32. The van der Waals surface area contributed by atoms with Crippen LogP contribution in [-0.2, 0) is 9.78 Å². The van der Waals surface area contributed by atoms with E-state index in [0.717, 1.165) is 11.1 Å². The Kier molecular flexibility index (Phi) is 4.29. The van der Waals surface area contributed by atoms with Gasteiger partial charge in [-0.2, -0.15) is 4.89 Å². The molecule has 1 rings (SSSR count). The average Bonchev–Trinajstić information content (AvgIpc) is 2.13. The second-order valence-corrected chi connectivity index (χ2v) is 5.33. The third-order valence-corrected chi connectivity index (χ3v) is 1.98. The summed E-state index contributed by atoms with van der Waals surface area (Å²) in [4.78, 5) is 21.2. The van der Waals surface area contributed by atoms with Gasteiger partial charge in [0, 0.05) is 0 Å². The van der Waals surface area contributed by atoms with Crippen LogP contribution in [0, 0.1) is 25.9 Å². The van der Waals surface area contributed by atoms with Crippen molar-refractivity contribution >= 4 is 5.97 Å². The van der Waals surface area contributed by atoms with Gasteiger partial charge in [0.2, 0.25) is 0 Å². The Morgan fingerprint density at radius 2 is 1.65 bits per heavy atom. The Hall–Kier alpha value is -1.35. The average molecular weight is 235 g/mol. The molecule has 93 valence electrons. The molecule has 0 heterocycles. The standard InChI is InChI=1S/C14H19O3/c1-10-6-11(2)8-12(7-10)13(15)17-16-9-14(3,4)5/h6-9H,1-5H3. The fraction of sp³-hybridized carbons (Fsp3) is 0.429. The van der Waals surface area contributed by atoms with Crippen molar-refractivity contribution in [3.8, 4) is 0 Å². The summed E-state index contributed by atoms with van der Waals surface area (Å²) in [5, 5.41) is 0. The molecule has 0 aromatic heterocycles. The molecule has 1 aromatic carbocycles. The Balaban J connectivity index is 2.58. The Bertz CT molecular complexity index is 382. The molecule has 0 bridgehead atoms. The molecular weight excluding hydrogens is 216 g/mol. The van der Waals surface area contributed by atoms with Crippen molar-refractivity contribution in [2.75, 3.05) is 0 Å². The smallest absolute Gasteiger partial charge is 0.292 e. The molecule has 1 aromatic rings. The van der Waals surface area contributed by atoms with E-state index in [-0.39, 0.29) is 5.41 Å². The molecule has 3 nitrogen and oxygen atoms in total. The van der Waals surface area contributed by atoms with Crippen LogP contribution >= 0.6 is 0 Å². The van der Waals surface area contributed by atoms with Crippen molar-refractivity contribution < 1.29 is 14.6 Å². The lowest BCUT2D eigenvalue weighted by Gasteiger charge is -2.15. The first kappa shape index (κ1) is 13.7. The highest BCUT2D eigenvalue weighted by Crippen LogP contribution is 2.18. The lowest BCUT2D eigenvalue weighted by Crippen LogP contribution is -2.12. The SMILES string of the molecule is Cc1cc(C)cc(C(=O)OO[CH]C(C)(C)C)c1.